The van der Waals surface area contributed by atoms with Crippen LogP contribution in [0.4, 0.5) is 10.2 Å². The minimum atomic E-state index is -0.255. The second-order valence-electron chi connectivity index (χ2n) is 4.60. The van der Waals surface area contributed by atoms with E-state index in [1.807, 2.05) is 19.9 Å². The number of nitrogens with one attached hydrogen (secondary N) is 1. The molecule has 108 valence electrons. The van der Waals surface area contributed by atoms with Crippen LogP contribution in [0.3, 0.4) is 0 Å². The molecular weight excluding hydrogens is 325 g/mol. The van der Waals surface area contributed by atoms with Crippen LogP contribution in [0.5, 0.6) is 0 Å². The zero-order chi connectivity index (χ0) is 14.7. The van der Waals surface area contributed by atoms with Crippen LogP contribution in [0.2, 0.25) is 0 Å². The van der Waals surface area contributed by atoms with Gasteiger partial charge in [-0.15, -0.1) is 0 Å². The molecule has 2 rings (SSSR count). The molecule has 0 radical (unpaired) electrons. The van der Waals surface area contributed by atoms with Gasteiger partial charge in [-0.3, -0.25) is 0 Å². The molecule has 2 aromatic rings. The summed E-state index contributed by atoms with van der Waals surface area (Å²) in [5.41, 5.74) is 2.50. The zero-order valence-electron chi connectivity index (χ0n) is 11.5. The summed E-state index contributed by atoms with van der Waals surface area (Å²) in [7, 11) is 0. The number of aliphatic hydroxyl groups excluding tert-OH is 1. The van der Waals surface area contributed by atoms with Gasteiger partial charge >= 0.3 is 0 Å². The van der Waals surface area contributed by atoms with Crippen molar-refractivity contribution in [2.24, 2.45) is 0 Å². The van der Waals surface area contributed by atoms with E-state index in [4.69, 9.17) is 5.11 Å². The van der Waals surface area contributed by atoms with E-state index >= 15 is 0 Å². The second kappa shape index (κ2) is 6.37. The molecule has 0 aliphatic heterocycles. The fourth-order valence-electron chi connectivity index (χ4n) is 2.00. The third-order valence-electron chi connectivity index (χ3n) is 3.20. The van der Waals surface area contributed by atoms with Crippen molar-refractivity contribution >= 4 is 21.7 Å². The summed E-state index contributed by atoms with van der Waals surface area (Å²) in [6, 6.07) is 4.99. The normalized spacial score (nSPS) is 10.8. The summed E-state index contributed by atoms with van der Waals surface area (Å²) in [5, 5.41) is 16.6. The average molecular weight is 342 g/mol. The lowest BCUT2D eigenvalue weighted by Gasteiger charge is -2.11. The number of nitrogens with zero attached hydrogens (tertiary/aromatic N) is 2. The highest BCUT2D eigenvalue weighted by atomic mass is 79.9. The van der Waals surface area contributed by atoms with E-state index in [2.05, 4.69) is 26.3 Å². The van der Waals surface area contributed by atoms with Crippen molar-refractivity contribution in [2.45, 2.75) is 26.9 Å². The summed E-state index contributed by atoms with van der Waals surface area (Å²) < 4.78 is 16.2. The third kappa shape index (κ3) is 3.19. The number of benzene rings is 1. The Morgan fingerprint density at radius 3 is 2.80 bits per heavy atom. The Hall–Kier alpha value is -1.40. The van der Waals surface area contributed by atoms with Crippen molar-refractivity contribution in [2.75, 3.05) is 11.9 Å². The van der Waals surface area contributed by atoms with Crippen LogP contribution < -0.4 is 5.32 Å². The van der Waals surface area contributed by atoms with Crippen LogP contribution in [0.1, 0.15) is 16.8 Å². The molecule has 6 heteroatoms. The maximum absolute atomic E-state index is 13.8. The standard InChI is InChI=1S/C14H17BrFN3O/c1-9-10(2)18-19(5-6-20)14(9)17-8-11-3-4-12(15)7-13(11)16/h3-4,7,17,20H,5-6,8H2,1-2H3. The first kappa shape index (κ1) is 15.0. The number of aromatic nitrogens is 2. The predicted octanol–water partition coefficient (Wildman–Crippen LogP) is 3.01. The molecule has 4 nitrogen and oxygen atoms in total. The van der Waals surface area contributed by atoms with E-state index in [1.54, 1.807) is 10.7 Å². The van der Waals surface area contributed by atoms with Gasteiger partial charge in [-0.1, -0.05) is 22.0 Å². The van der Waals surface area contributed by atoms with Gasteiger partial charge in [0, 0.05) is 22.1 Å². The molecule has 20 heavy (non-hydrogen) atoms. The summed E-state index contributed by atoms with van der Waals surface area (Å²) in [6.07, 6.45) is 0. The zero-order valence-corrected chi connectivity index (χ0v) is 13.0. The first-order chi connectivity index (χ1) is 9.52. The van der Waals surface area contributed by atoms with Crippen LogP contribution >= 0.6 is 15.9 Å². The molecule has 1 heterocycles. The van der Waals surface area contributed by atoms with Crippen LogP contribution in [0.15, 0.2) is 22.7 Å². The maximum atomic E-state index is 13.8. The number of halogens is 2. The fourth-order valence-corrected chi connectivity index (χ4v) is 2.33. The minimum absolute atomic E-state index is 0.0158. The second-order valence-corrected chi connectivity index (χ2v) is 5.51. The predicted molar refractivity (Wildman–Crippen MR) is 80.2 cm³/mol. The van der Waals surface area contributed by atoms with Crippen LogP contribution in [0.25, 0.3) is 0 Å². The monoisotopic (exact) mass is 341 g/mol. The van der Waals surface area contributed by atoms with Gasteiger partial charge in [0.15, 0.2) is 0 Å². The summed E-state index contributed by atoms with van der Waals surface area (Å²) in [4.78, 5) is 0. The number of hydrogen-bond acceptors (Lipinski definition) is 3. The van der Waals surface area contributed by atoms with Gasteiger partial charge in [-0.05, 0) is 26.0 Å². The van der Waals surface area contributed by atoms with Crippen molar-refractivity contribution in [1.82, 2.24) is 9.78 Å². The molecule has 0 spiro atoms. The largest absolute Gasteiger partial charge is 0.394 e. The molecule has 2 N–H and O–H groups in total. The van der Waals surface area contributed by atoms with Crippen molar-refractivity contribution < 1.29 is 9.50 Å². The molecule has 0 bridgehead atoms. The fraction of sp³-hybridized carbons (Fsp3) is 0.357. The first-order valence-electron chi connectivity index (χ1n) is 6.35. The lowest BCUT2D eigenvalue weighted by atomic mass is 10.2. The first-order valence-corrected chi connectivity index (χ1v) is 7.15. The van der Waals surface area contributed by atoms with Crippen molar-refractivity contribution in [3.05, 3.63) is 45.3 Å². The molecule has 1 aromatic carbocycles. The van der Waals surface area contributed by atoms with E-state index in [0.717, 1.165) is 21.5 Å². The molecule has 0 saturated heterocycles. The van der Waals surface area contributed by atoms with Crippen molar-refractivity contribution in [3.8, 4) is 0 Å². The lowest BCUT2D eigenvalue weighted by Crippen LogP contribution is -2.11. The highest BCUT2D eigenvalue weighted by molar-refractivity contribution is 9.10. The van der Waals surface area contributed by atoms with Gasteiger partial charge in [-0.25, -0.2) is 9.07 Å². The van der Waals surface area contributed by atoms with Crippen LogP contribution in [-0.2, 0) is 13.1 Å². The number of aryl methyl sites for hydroxylation is 1. The van der Waals surface area contributed by atoms with Crippen LogP contribution in [0, 0.1) is 19.7 Å². The summed E-state index contributed by atoms with van der Waals surface area (Å²) in [5.74, 6) is 0.563. The van der Waals surface area contributed by atoms with E-state index < -0.39 is 0 Å². The van der Waals surface area contributed by atoms with E-state index in [0.29, 0.717) is 18.7 Å². The average Bonchev–Trinajstić information content (AvgIpc) is 2.65. The maximum Gasteiger partial charge on any atom is 0.129 e. The van der Waals surface area contributed by atoms with Gasteiger partial charge in [0.1, 0.15) is 11.6 Å². The molecule has 0 amide bonds. The summed E-state index contributed by atoms with van der Waals surface area (Å²) >= 11 is 3.24. The van der Waals surface area contributed by atoms with Gasteiger partial charge in [0.2, 0.25) is 0 Å². The molecular formula is C14H17BrFN3O. The number of hydrogen-bond donors (Lipinski definition) is 2. The van der Waals surface area contributed by atoms with E-state index in [-0.39, 0.29) is 12.4 Å². The molecule has 0 atom stereocenters. The van der Waals surface area contributed by atoms with Gasteiger partial charge < -0.3 is 10.4 Å². The Morgan fingerprint density at radius 2 is 2.15 bits per heavy atom. The molecule has 0 aliphatic carbocycles. The van der Waals surface area contributed by atoms with Gasteiger partial charge in [0.25, 0.3) is 0 Å². The van der Waals surface area contributed by atoms with Gasteiger partial charge in [0.05, 0.1) is 18.8 Å². The third-order valence-corrected chi connectivity index (χ3v) is 3.69. The Kier molecular flexibility index (Phi) is 4.77. The quantitative estimate of drug-likeness (QED) is 0.878. The topological polar surface area (TPSA) is 50.1 Å². The summed E-state index contributed by atoms with van der Waals surface area (Å²) in [6.45, 7) is 4.67. The van der Waals surface area contributed by atoms with Crippen molar-refractivity contribution in [3.63, 3.8) is 0 Å². The van der Waals surface area contributed by atoms with Crippen molar-refractivity contribution in [1.29, 1.82) is 0 Å². The Labute approximate surface area is 125 Å². The molecule has 0 aliphatic rings. The highest BCUT2D eigenvalue weighted by Gasteiger charge is 2.11. The Morgan fingerprint density at radius 1 is 1.40 bits per heavy atom. The molecule has 0 saturated carbocycles. The minimum Gasteiger partial charge on any atom is -0.394 e. The number of aliphatic hydroxyl groups is 1. The van der Waals surface area contributed by atoms with Gasteiger partial charge in [-0.2, -0.15) is 5.10 Å². The molecule has 1 aromatic heterocycles. The molecule has 0 fully saturated rings. The number of anilines is 1. The lowest BCUT2D eigenvalue weighted by molar-refractivity contribution is 0.270. The SMILES string of the molecule is Cc1nn(CCO)c(NCc2ccc(Br)cc2F)c1C. The highest BCUT2D eigenvalue weighted by Crippen LogP contribution is 2.21. The Bertz CT molecular complexity index is 613. The van der Waals surface area contributed by atoms with E-state index in [1.165, 1.54) is 6.07 Å². The molecule has 0 unspecified atom stereocenters. The van der Waals surface area contributed by atoms with Crippen LogP contribution in [-0.4, -0.2) is 21.5 Å². The van der Waals surface area contributed by atoms with E-state index in [9.17, 15) is 4.39 Å². The smallest absolute Gasteiger partial charge is 0.129 e. The number of rotatable bonds is 5. The Balaban J connectivity index is 2.18.